The van der Waals surface area contributed by atoms with E-state index in [9.17, 15) is 13.2 Å². The second kappa shape index (κ2) is 9.32. The van der Waals surface area contributed by atoms with Crippen LogP contribution in [0.2, 0.25) is 0 Å². The minimum Gasteiger partial charge on any atom is -0.349 e. The standard InChI is InChI=1S/C20H27N5O3S/c1-3-25(4-2)29(27,28)18-8-6-16(7-9-18)19(26)23-17-10-14-24(15-11-17)20-21-12-5-13-22-20/h5-9,12-13,17H,3-4,10-11,14-15H2,1-2H3,(H,23,26). The fourth-order valence-electron chi connectivity index (χ4n) is 3.44. The van der Waals surface area contributed by atoms with Gasteiger partial charge in [-0.05, 0) is 43.2 Å². The number of hydrogen-bond acceptors (Lipinski definition) is 6. The topological polar surface area (TPSA) is 95.5 Å². The van der Waals surface area contributed by atoms with E-state index in [0.29, 0.717) is 24.6 Å². The van der Waals surface area contributed by atoms with Gasteiger partial charge in [0.1, 0.15) is 0 Å². The van der Waals surface area contributed by atoms with Crippen LogP contribution in [-0.2, 0) is 10.0 Å². The van der Waals surface area contributed by atoms with Gasteiger partial charge in [-0.25, -0.2) is 18.4 Å². The predicted octanol–water partition coefficient (Wildman–Crippen LogP) is 1.91. The molecule has 1 fully saturated rings. The van der Waals surface area contributed by atoms with Crippen LogP contribution in [0.25, 0.3) is 0 Å². The van der Waals surface area contributed by atoms with Gasteiger partial charge in [0.05, 0.1) is 4.90 Å². The Morgan fingerprint density at radius 1 is 1.10 bits per heavy atom. The summed E-state index contributed by atoms with van der Waals surface area (Å²) in [6, 6.07) is 7.99. The minimum absolute atomic E-state index is 0.0709. The van der Waals surface area contributed by atoms with E-state index in [-0.39, 0.29) is 16.8 Å². The molecule has 1 saturated heterocycles. The monoisotopic (exact) mass is 417 g/mol. The highest BCUT2D eigenvalue weighted by molar-refractivity contribution is 7.89. The molecule has 1 aliphatic rings. The molecular formula is C20H27N5O3S. The van der Waals surface area contributed by atoms with Crippen molar-refractivity contribution in [3.63, 3.8) is 0 Å². The van der Waals surface area contributed by atoms with E-state index in [0.717, 1.165) is 25.9 Å². The number of amides is 1. The van der Waals surface area contributed by atoms with Gasteiger partial charge in [0.2, 0.25) is 16.0 Å². The second-order valence-corrected chi connectivity index (χ2v) is 8.84. The fourth-order valence-corrected chi connectivity index (χ4v) is 4.90. The molecule has 156 valence electrons. The smallest absolute Gasteiger partial charge is 0.251 e. The normalized spacial score (nSPS) is 15.5. The molecule has 0 spiro atoms. The molecule has 1 aromatic carbocycles. The number of anilines is 1. The van der Waals surface area contributed by atoms with Crippen molar-refractivity contribution in [3.05, 3.63) is 48.3 Å². The molecule has 1 aliphatic heterocycles. The average Bonchev–Trinajstić information content (AvgIpc) is 2.75. The highest BCUT2D eigenvalue weighted by Gasteiger charge is 2.24. The van der Waals surface area contributed by atoms with Crippen LogP contribution in [0.5, 0.6) is 0 Å². The van der Waals surface area contributed by atoms with Crippen LogP contribution >= 0.6 is 0 Å². The zero-order valence-electron chi connectivity index (χ0n) is 16.8. The van der Waals surface area contributed by atoms with Gasteiger partial charge in [-0.3, -0.25) is 4.79 Å². The largest absolute Gasteiger partial charge is 0.349 e. The van der Waals surface area contributed by atoms with Gasteiger partial charge < -0.3 is 10.2 Å². The van der Waals surface area contributed by atoms with Gasteiger partial charge in [0.25, 0.3) is 5.91 Å². The Morgan fingerprint density at radius 3 is 2.24 bits per heavy atom. The van der Waals surface area contributed by atoms with Gasteiger partial charge in [-0.1, -0.05) is 13.8 Å². The SMILES string of the molecule is CCN(CC)S(=O)(=O)c1ccc(C(=O)NC2CCN(c3ncccn3)CC2)cc1. The van der Waals surface area contributed by atoms with Gasteiger partial charge in [-0.2, -0.15) is 4.31 Å². The molecule has 1 N–H and O–H groups in total. The van der Waals surface area contributed by atoms with Crippen LogP contribution in [0.1, 0.15) is 37.0 Å². The molecule has 9 heteroatoms. The second-order valence-electron chi connectivity index (χ2n) is 6.90. The zero-order chi connectivity index (χ0) is 20.9. The minimum atomic E-state index is -3.52. The Hall–Kier alpha value is -2.52. The molecule has 29 heavy (non-hydrogen) atoms. The first-order valence-electron chi connectivity index (χ1n) is 9.88. The highest BCUT2D eigenvalue weighted by atomic mass is 32.2. The number of nitrogens with zero attached hydrogens (tertiary/aromatic N) is 4. The first-order chi connectivity index (χ1) is 14.0. The predicted molar refractivity (Wildman–Crippen MR) is 111 cm³/mol. The Morgan fingerprint density at radius 2 is 1.69 bits per heavy atom. The lowest BCUT2D eigenvalue weighted by atomic mass is 10.0. The third-order valence-corrected chi connectivity index (χ3v) is 7.19. The molecule has 0 atom stereocenters. The summed E-state index contributed by atoms with van der Waals surface area (Å²) >= 11 is 0. The number of hydrogen-bond donors (Lipinski definition) is 1. The maximum atomic E-state index is 12.6. The molecule has 0 saturated carbocycles. The van der Waals surface area contributed by atoms with Crippen molar-refractivity contribution < 1.29 is 13.2 Å². The fraction of sp³-hybridized carbons (Fsp3) is 0.450. The van der Waals surface area contributed by atoms with E-state index < -0.39 is 10.0 Å². The van der Waals surface area contributed by atoms with Gasteiger partial charge >= 0.3 is 0 Å². The van der Waals surface area contributed by atoms with E-state index in [4.69, 9.17) is 0 Å². The molecule has 0 radical (unpaired) electrons. The molecule has 1 aromatic heterocycles. The molecule has 2 heterocycles. The molecule has 8 nitrogen and oxygen atoms in total. The van der Waals surface area contributed by atoms with Crippen molar-refractivity contribution in [2.24, 2.45) is 0 Å². The summed E-state index contributed by atoms with van der Waals surface area (Å²) in [6.45, 7) is 5.98. The summed E-state index contributed by atoms with van der Waals surface area (Å²) in [5, 5.41) is 3.04. The Balaban J connectivity index is 1.58. The Bertz CT molecular complexity index is 907. The zero-order valence-corrected chi connectivity index (χ0v) is 17.6. The van der Waals surface area contributed by atoms with Crippen molar-refractivity contribution in [1.82, 2.24) is 19.6 Å². The Labute approximate surface area is 172 Å². The molecule has 2 aromatic rings. The van der Waals surface area contributed by atoms with Gasteiger partial charge in [0.15, 0.2) is 0 Å². The van der Waals surface area contributed by atoms with Crippen molar-refractivity contribution >= 4 is 21.9 Å². The molecular weight excluding hydrogens is 390 g/mol. The summed E-state index contributed by atoms with van der Waals surface area (Å²) in [5.41, 5.74) is 0.456. The van der Waals surface area contributed by atoms with Crippen molar-refractivity contribution in [3.8, 4) is 0 Å². The van der Waals surface area contributed by atoms with E-state index in [1.165, 1.54) is 16.4 Å². The van der Waals surface area contributed by atoms with Gasteiger partial charge in [0, 0.05) is 50.2 Å². The number of aromatic nitrogens is 2. The third kappa shape index (κ3) is 4.91. The summed E-state index contributed by atoms with van der Waals surface area (Å²) in [6.07, 6.45) is 5.05. The number of carbonyl (C=O) groups excluding carboxylic acids is 1. The highest BCUT2D eigenvalue weighted by Crippen LogP contribution is 2.18. The Kier molecular flexibility index (Phi) is 6.81. The molecule has 0 unspecified atom stereocenters. The maximum Gasteiger partial charge on any atom is 0.251 e. The van der Waals surface area contributed by atoms with Crippen molar-refractivity contribution in [1.29, 1.82) is 0 Å². The lowest BCUT2D eigenvalue weighted by Crippen LogP contribution is -2.45. The number of benzene rings is 1. The quantitative estimate of drug-likeness (QED) is 0.739. The lowest BCUT2D eigenvalue weighted by molar-refractivity contribution is 0.0931. The van der Waals surface area contributed by atoms with Crippen LogP contribution < -0.4 is 10.2 Å². The van der Waals surface area contributed by atoms with Gasteiger partial charge in [-0.15, -0.1) is 0 Å². The lowest BCUT2D eigenvalue weighted by Gasteiger charge is -2.32. The summed E-state index contributed by atoms with van der Waals surface area (Å²) in [7, 11) is -3.52. The first kappa shape index (κ1) is 21.2. The van der Waals surface area contributed by atoms with Crippen molar-refractivity contribution in [2.75, 3.05) is 31.1 Å². The first-order valence-corrected chi connectivity index (χ1v) is 11.3. The summed E-state index contributed by atoms with van der Waals surface area (Å²) in [4.78, 5) is 23.4. The molecule has 3 rings (SSSR count). The van der Waals surface area contributed by atoms with Crippen LogP contribution in [0.4, 0.5) is 5.95 Å². The molecule has 0 bridgehead atoms. The average molecular weight is 418 g/mol. The van der Waals surface area contributed by atoms with Crippen LogP contribution in [-0.4, -0.2) is 60.8 Å². The summed E-state index contributed by atoms with van der Waals surface area (Å²) < 4.78 is 26.5. The van der Waals surface area contributed by atoms with E-state index in [1.54, 1.807) is 44.4 Å². The van der Waals surface area contributed by atoms with Crippen LogP contribution in [0.3, 0.4) is 0 Å². The summed E-state index contributed by atoms with van der Waals surface area (Å²) in [5.74, 6) is 0.522. The van der Waals surface area contributed by atoms with Crippen molar-refractivity contribution in [2.45, 2.75) is 37.6 Å². The molecule has 0 aliphatic carbocycles. The number of nitrogens with one attached hydrogen (secondary N) is 1. The third-order valence-electron chi connectivity index (χ3n) is 5.12. The molecule has 1 amide bonds. The number of rotatable bonds is 7. The maximum absolute atomic E-state index is 12.6. The van der Waals surface area contributed by atoms with Crippen LogP contribution in [0, 0.1) is 0 Å². The number of carbonyl (C=O) groups is 1. The van der Waals surface area contributed by atoms with E-state index >= 15 is 0 Å². The van der Waals surface area contributed by atoms with E-state index in [2.05, 4.69) is 20.2 Å². The number of piperidine rings is 1. The van der Waals surface area contributed by atoms with Crippen LogP contribution in [0.15, 0.2) is 47.6 Å². The van der Waals surface area contributed by atoms with E-state index in [1.807, 2.05) is 0 Å². The number of sulfonamides is 1.